The molecule has 0 aliphatic heterocycles. The Bertz CT molecular complexity index is 906. The van der Waals surface area contributed by atoms with Crippen molar-refractivity contribution >= 4 is 11.7 Å². The SMILES string of the molecule is C[C@H](CNC(=O)COc1ccc(C(=O)c2ccccc2)cc1)c1ccccc1. The maximum atomic E-state index is 12.4. The van der Waals surface area contributed by atoms with Gasteiger partial charge in [-0.1, -0.05) is 67.6 Å². The van der Waals surface area contributed by atoms with Gasteiger partial charge in [0.15, 0.2) is 12.4 Å². The fourth-order valence-corrected chi connectivity index (χ4v) is 2.82. The largest absolute Gasteiger partial charge is 0.484 e. The van der Waals surface area contributed by atoms with Gasteiger partial charge in [0.25, 0.3) is 5.91 Å². The molecule has 4 heteroatoms. The Balaban J connectivity index is 1.47. The summed E-state index contributed by atoms with van der Waals surface area (Å²) in [5.41, 5.74) is 2.41. The smallest absolute Gasteiger partial charge is 0.257 e. The number of benzene rings is 3. The molecule has 28 heavy (non-hydrogen) atoms. The molecule has 1 amide bonds. The lowest BCUT2D eigenvalue weighted by Crippen LogP contribution is -2.31. The molecule has 3 rings (SSSR count). The van der Waals surface area contributed by atoms with E-state index < -0.39 is 0 Å². The third-order valence-corrected chi connectivity index (χ3v) is 4.50. The molecule has 0 spiro atoms. The molecular weight excluding hydrogens is 350 g/mol. The first-order valence-corrected chi connectivity index (χ1v) is 9.28. The minimum Gasteiger partial charge on any atom is -0.484 e. The van der Waals surface area contributed by atoms with Crippen LogP contribution in [0.25, 0.3) is 0 Å². The number of ether oxygens (including phenoxy) is 1. The van der Waals surface area contributed by atoms with Gasteiger partial charge in [0.1, 0.15) is 5.75 Å². The van der Waals surface area contributed by atoms with Crippen LogP contribution in [0.5, 0.6) is 5.75 Å². The molecule has 1 atom stereocenters. The molecule has 3 aromatic carbocycles. The van der Waals surface area contributed by atoms with Crippen molar-refractivity contribution in [3.8, 4) is 5.75 Å². The van der Waals surface area contributed by atoms with Crippen LogP contribution in [-0.2, 0) is 4.79 Å². The summed E-state index contributed by atoms with van der Waals surface area (Å²) in [6, 6.07) is 26.0. The zero-order valence-corrected chi connectivity index (χ0v) is 15.8. The Hall–Kier alpha value is -3.40. The highest BCUT2D eigenvalue weighted by Crippen LogP contribution is 2.16. The summed E-state index contributed by atoms with van der Waals surface area (Å²) in [6.07, 6.45) is 0. The highest BCUT2D eigenvalue weighted by Gasteiger charge is 2.10. The minimum atomic E-state index is -0.174. The topological polar surface area (TPSA) is 55.4 Å². The van der Waals surface area contributed by atoms with Gasteiger partial charge in [0.2, 0.25) is 0 Å². The summed E-state index contributed by atoms with van der Waals surface area (Å²) in [6.45, 7) is 2.56. The normalized spacial score (nSPS) is 11.5. The fraction of sp³-hybridized carbons (Fsp3) is 0.167. The molecule has 3 aromatic rings. The monoisotopic (exact) mass is 373 g/mol. The second kappa shape index (κ2) is 9.51. The van der Waals surface area contributed by atoms with E-state index in [9.17, 15) is 9.59 Å². The predicted molar refractivity (Wildman–Crippen MR) is 110 cm³/mol. The van der Waals surface area contributed by atoms with Gasteiger partial charge in [-0.2, -0.15) is 0 Å². The maximum absolute atomic E-state index is 12.4. The Labute approximate surface area is 165 Å². The molecule has 142 valence electrons. The molecule has 0 aromatic heterocycles. The Morgan fingerprint density at radius 2 is 1.39 bits per heavy atom. The standard InChI is InChI=1S/C24H23NO3/c1-18(19-8-4-2-5-9-19)16-25-23(26)17-28-22-14-12-21(13-15-22)24(27)20-10-6-3-7-11-20/h2-15,18H,16-17H2,1H3,(H,25,26)/t18-/m1/s1. The van der Waals surface area contributed by atoms with Crippen LogP contribution < -0.4 is 10.1 Å². The lowest BCUT2D eigenvalue weighted by molar-refractivity contribution is -0.123. The third-order valence-electron chi connectivity index (χ3n) is 4.50. The van der Waals surface area contributed by atoms with Crippen molar-refractivity contribution in [2.75, 3.05) is 13.2 Å². The summed E-state index contributed by atoms with van der Waals surface area (Å²) in [4.78, 5) is 24.4. The summed E-state index contributed by atoms with van der Waals surface area (Å²) >= 11 is 0. The molecular formula is C24H23NO3. The maximum Gasteiger partial charge on any atom is 0.257 e. The first-order valence-electron chi connectivity index (χ1n) is 9.28. The first kappa shape index (κ1) is 19.4. The predicted octanol–water partition coefficient (Wildman–Crippen LogP) is 4.22. The molecule has 0 heterocycles. The van der Waals surface area contributed by atoms with Gasteiger partial charge in [-0.05, 0) is 35.7 Å². The van der Waals surface area contributed by atoms with Crippen LogP contribution in [0.1, 0.15) is 34.3 Å². The quantitative estimate of drug-likeness (QED) is 0.602. The number of carbonyl (C=O) groups is 2. The van der Waals surface area contributed by atoms with Gasteiger partial charge < -0.3 is 10.1 Å². The van der Waals surface area contributed by atoms with E-state index in [0.717, 1.165) is 0 Å². The van der Waals surface area contributed by atoms with Crippen molar-refractivity contribution in [3.05, 3.63) is 102 Å². The number of nitrogens with one attached hydrogen (secondary N) is 1. The van der Waals surface area contributed by atoms with Gasteiger partial charge in [-0.3, -0.25) is 9.59 Å². The van der Waals surface area contributed by atoms with E-state index in [0.29, 0.717) is 23.4 Å². The number of carbonyl (C=O) groups excluding carboxylic acids is 2. The molecule has 0 aliphatic rings. The van der Waals surface area contributed by atoms with Crippen LogP contribution in [0.2, 0.25) is 0 Å². The molecule has 0 aliphatic carbocycles. The van der Waals surface area contributed by atoms with Gasteiger partial charge in [0.05, 0.1) is 0 Å². The number of ketones is 1. The summed E-state index contributed by atoms with van der Waals surface area (Å²) in [7, 11) is 0. The molecule has 4 nitrogen and oxygen atoms in total. The van der Waals surface area contributed by atoms with Crippen LogP contribution in [0.4, 0.5) is 0 Å². The average molecular weight is 373 g/mol. The van der Waals surface area contributed by atoms with Gasteiger partial charge in [-0.15, -0.1) is 0 Å². The number of hydrogen-bond acceptors (Lipinski definition) is 3. The molecule has 0 bridgehead atoms. The van der Waals surface area contributed by atoms with Crippen LogP contribution in [0.15, 0.2) is 84.9 Å². The van der Waals surface area contributed by atoms with Gasteiger partial charge in [-0.25, -0.2) is 0 Å². The lowest BCUT2D eigenvalue weighted by Gasteiger charge is -2.13. The van der Waals surface area contributed by atoms with Crippen LogP contribution in [0, 0.1) is 0 Å². The van der Waals surface area contributed by atoms with E-state index in [2.05, 4.69) is 12.2 Å². The molecule has 0 unspecified atom stereocenters. The average Bonchev–Trinajstić information content (AvgIpc) is 2.77. The summed E-state index contributed by atoms with van der Waals surface area (Å²) < 4.78 is 5.52. The second-order valence-electron chi connectivity index (χ2n) is 6.62. The second-order valence-corrected chi connectivity index (χ2v) is 6.62. The molecule has 0 radical (unpaired) electrons. The van der Waals surface area contributed by atoms with Gasteiger partial charge >= 0.3 is 0 Å². The number of amides is 1. The van der Waals surface area contributed by atoms with Crippen LogP contribution in [0.3, 0.4) is 0 Å². The summed E-state index contributed by atoms with van der Waals surface area (Å²) in [5, 5.41) is 2.88. The lowest BCUT2D eigenvalue weighted by atomic mass is 10.0. The number of rotatable bonds is 8. The van der Waals surface area contributed by atoms with E-state index in [1.807, 2.05) is 48.5 Å². The minimum absolute atomic E-state index is 0.0419. The first-order chi connectivity index (χ1) is 13.6. The Morgan fingerprint density at radius 3 is 2.04 bits per heavy atom. The van der Waals surface area contributed by atoms with E-state index in [4.69, 9.17) is 4.74 Å². The summed E-state index contributed by atoms with van der Waals surface area (Å²) in [5.74, 6) is 0.566. The van der Waals surface area contributed by atoms with Crippen LogP contribution in [-0.4, -0.2) is 24.8 Å². The van der Waals surface area contributed by atoms with Crippen molar-refractivity contribution in [2.45, 2.75) is 12.8 Å². The van der Waals surface area contributed by atoms with E-state index in [1.54, 1.807) is 36.4 Å². The molecule has 0 saturated heterocycles. The zero-order valence-electron chi connectivity index (χ0n) is 15.8. The van der Waals surface area contributed by atoms with Crippen molar-refractivity contribution in [3.63, 3.8) is 0 Å². The molecule has 0 saturated carbocycles. The fourth-order valence-electron chi connectivity index (χ4n) is 2.82. The third kappa shape index (κ3) is 5.30. The van der Waals surface area contributed by atoms with Crippen molar-refractivity contribution in [2.24, 2.45) is 0 Å². The molecule has 1 N–H and O–H groups in total. The van der Waals surface area contributed by atoms with E-state index in [1.165, 1.54) is 5.56 Å². The Kier molecular flexibility index (Phi) is 6.58. The highest BCUT2D eigenvalue weighted by molar-refractivity contribution is 6.08. The van der Waals surface area contributed by atoms with Crippen LogP contribution >= 0.6 is 0 Å². The van der Waals surface area contributed by atoms with Crippen molar-refractivity contribution < 1.29 is 14.3 Å². The zero-order chi connectivity index (χ0) is 19.8. The molecule has 0 fully saturated rings. The van der Waals surface area contributed by atoms with Crippen molar-refractivity contribution in [1.82, 2.24) is 5.32 Å². The number of hydrogen-bond donors (Lipinski definition) is 1. The Morgan fingerprint density at radius 1 is 0.821 bits per heavy atom. The van der Waals surface area contributed by atoms with E-state index >= 15 is 0 Å². The van der Waals surface area contributed by atoms with E-state index in [-0.39, 0.29) is 24.2 Å². The highest BCUT2D eigenvalue weighted by atomic mass is 16.5. The van der Waals surface area contributed by atoms with Gasteiger partial charge in [0, 0.05) is 17.7 Å². The van der Waals surface area contributed by atoms with Crippen molar-refractivity contribution in [1.29, 1.82) is 0 Å².